The molecule has 0 fully saturated rings. The Morgan fingerprint density at radius 3 is 2.47 bits per heavy atom. The van der Waals surface area contributed by atoms with Crippen LogP contribution in [0, 0.1) is 0 Å². The highest BCUT2D eigenvalue weighted by molar-refractivity contribution is 14.1. The van der Waals surface area contributed by atoms with Gasteiger partial charge >= 0.3 is 0 Å². The van der Waals surface area contributed by atoms with Crippen molar-refractivity contribution in [2.24, 2.45) is 0 Å². The first-order chi connectivity index (χ1) is 9.13. The van der Waals surface area contributed by atoms with Crippen LogP contribution < -0.4 is 5.32 Å². The topological polar surface area (TPSA) is 21.3 Å². The van der Waals surface area contributed by atoms with E-state index in [0.29, 0.717) is 6.61 Å². The van der Waals surface area contributed by atoms with E-state index in [1.54, 1.807) is 0 Å². The number of hydrogen-bond donors (Lipinski definition) is 1. The van der Waals surface area contributed by atoms with E-state index >= 15 is 0 Å². The van der Waals surface area contributed by atoms with Crippen molar-refractivity contribution in [3.63, 3.8) is 0 Å². The molecule has 0 saturated carbocycles. The zero-order valence-electron chi connectivity index (χ0n) is 11.7. The molecule has 0 aromatic heterocycles. The van der Waals surface area contributed by atoms with E-state index in [1.165, 1.54) is 26.1 Å². The van der Waals surface area contributed by atoms with Gasteiger partial charge in [-0.25, -0.2) is 0 Å². The monoisotopic (exact) mass is 369 g/mol. The zero-order valence-corrected chi connectivity index (χ0v) is 13.8. The molecule has 0 aliphatic carbocycles. The van der Waals surface area contributed by atoms with E-state index in [4.69, 9.17) is 4.74 Å². The average molecular weight is 369 g/mol. The second-order valence-electron chi connectivity index (χ2n) is 4.78. The Morgan fingerprint density at radius 1 is 1.16 bits per heavy atom. The standard InChI is InChI=1S/C16H20INO/c1-4-14-11(2)18-12(3)15(17)16(14)19-10-13-8-6-5-7-9-13/h5-9,16,18H,4,10H2,1-3H3. The maximum absolute atomic E-state index is 6.16. The second-order valence-corrected chi connectivity index (χ2v) is 5.94. The van der Waals surface area contributed by atoms with Gasteiger partial charge in [-0.05, 0) is 54.0 Å². The first-order valence-corrected chi connectivity index (χ1v) is 7.69. The smallest absolute Gasteiger partial charge is 0.113 e. The van der Waals surface area contributed by atoms with Crippen LogP contribution in [0.25, 0.3) is 0 Å². The maximum atomic E-state index is 6.16. The summed E-state index contributed by atoms with van der Waals surface area (Å²) in [6.07, 6.45) is 1.12. The van der Waals surface area contributed by atoms with Crippen LogP contribution >= 0.6 is 22.6 Å². The summed E-state index contributed by atoms with van der Waals surface area (Å²) in [7, 11) is 0. The van der Waals surface area contributed by atoms with Crippen molar-refractivity contribution in [2.45, 2.75) is 39.9 Å². The Kier molecular flexibility index (Phi) is 5.05. The maximum Gasteiger partial charge on any atom is 0.113 e. The van der Waals surface area contributed by atoms with Crippen LogP contribution in [0.2, 0.25) is 0 Å². The molecule has 0 amide bonds. The lowest BCUT2D eigenvalue weighted by atomic mass is 10.0. The highest BCUT2D eigenvalue weighted by atomic mass is 127. The van der Waals surface area contributed by atoms with E-state index in [-0.39, 0.29) is 6.10 Å². The fourth-order valence-electron chi connectivity index (χ4n) is 2.35. The molecule has 1 aliphatic heterocycles. The van der Waals surface area contributed by atoms with Crippen LogP contribution in [-0.4, -0.2) is 6.10 Å². The predicted molar refractivity (Wildman–Crippen MR) is 87.9 cm³/mol. The molecule has 1 atom stereocenters. The van der Waals surface area contributed by atoms with Crippen LogP contribution in [-0.2, 0) is 11.3 Å². The Balaban J connectivity index is 2.14. The van der Waals surface area contributed by atoms with Gasteiger partial charge in [0, 0.05) is 15.0 Å². The molecule has 3 heteroatoms. The highest BCUT2D eigenvalue weighted by Gasteiger charge is 2.25. The number of hydrogen-bond acceptors (Lipinski definition) is 2. The fourth-order valence-corrected chi connectivity index (χ4v) is 3.04. The average Bonchev–Trinajstić information content (AvgIpc) is 2.42. The number of ether oxygens (including phenoxy) is 1. The van der Waals surface area contributed by atoms with Crippen molar-refractivity contribution >= 4 is 22.6 Å². The zero-order chi connectivity index (χ0) is 13.8. The number of benzene rings is 1. The summed E-state index contributed by atoms with van der Waals surface area (Å²) in [5, 5.41) is 3.43. The lowest BCUT2D eigenvalue weighted by Gasteiger charge is -2.29. The molecule has 1 heterocycles. The third-order valence-corrected chi connectivity index (χ3v) is 4.78. The molecular weight excluding hydrogens is 349 g/mol. The van der Waals surface area contributed by atoms with Gasteiger partial charge in [0.05, 0.1) is 6.61 Å². The van der Waals surface area contributed by atoms with Gasteiger partial charge in [0.15, 0.2) is 0 Å². The van der Waals surface area contributed by atoms with Gasteiger partial charge in [-0.2, -0.15) is 0 Å². The molecule has 1 aromatic rings. The summed E-state index contributed by atoms with van der Waals surface area (Å²) in [6, 6.07) is 10.3. The van der Waals surface area contributed by atoms with Gasteiger partial charge in [0.2, 0.25) is 0 Å². The van der Waals surface area contributed by atoms with Gasteiger partial charge in [0.1, 0.15) is 6.10 Å². The summed E-state index contributed by atoms with van der Waals surface area (Å²) >= 11 is 2.39. The molecule has 19 heavy (non-hydrogen) atoms. The van der Waals surface area contributed by atoms with Crippen molar-refractivity contribution in [3.05, 3.63) is 56.4 Å². The van der Waals surface area contributed by atoms with E-state index in [0.717, 1.165) is 6.42 Å². The summed E-state index contributed by atoms with van der Waals surface area (Å²) in [5.41, 5.74) is 5.01. The molecule has 102 valence electrons. The third kappa shape index (κ3) is 3.39. The van der Waals surface area contributed by atoms with Gasteiger partial charge in [-0.1, -0.05) is 37.3 Å². The molecule has 1 unspecified atom stereocenters. The molecule has 0 radical (unpaired) electrons. The molecule has 2 rings (SSSR count). The number of halogens is 1. The lowest BCUT2D eigenvalue weighted by molar-refractivity contribution is 0.0884. The molecule has 0 saturated heterocycles. The van der Waals surface area contributed by atoms with Crippen molar-refractivity contribution < 1.29 is 4.74 Å². The summed E-state index contributed by atoms with van der Waals surface area (Å²) in [4.78, 5) is 0. The summed E-state index contributed by atoms with van der Waals surface area (Å²) in [5.74, 6) is 0. The molecule has 1 aliphatic rings. The van der Waals surface area contributed by atoms with Gasteiger partial charge in [-0.15, -0.1) is 0 Å². The third-order valence-electron chi connectivity index (χ3n) is 3.40. The molecular formula is C16H20INO. The number of nitrogens with one attached hydrogen (secondary N) is 1. The van der Waals surface area contributed by atoms with Crippen LogP contribution in [0.4, 0.5) is 0 Å². The quantitative estimate of drug-likeness (QED) is 0.788. The normalized spacial score (nSPS) is 19.7. The van der Waals surface area contributed by atoms with E-state index < -0.39 is 0 Å². The largest absolute Gasteiger partial charge is 0.364 e. The minimum Gasteiger partial charge on any atom is -0.364 e. The molecule has 1 aromatic carbocycles. The summed E-state index contributed by atoms with van der Waals surface area (Å²) in [6.45, 7) is 7.08. The highest BCUT2D eigenvalue weighted by Crippen LogP contribution is 2.32. The van der Waals surface area contributed by atoms with Gasteiger partial charge < -0.3 is 10.1 Å². The van der Waals surface area contributed by atoms with E-state index in [1.807, 2.05) is 6.07 Å². The number of rotatable bonds is 4. The van der Waals surface area contributed by atoms with Crippen molar-refractivity contribution in [1.29, 1.82) is 0 Å². The minimum absolute atomic E-state index is 0.104. The van der Waals surface area contributed by atoms with E-state index in [2.05, 4.69) is 72.9 Å². The van der Waals surface area contributed by atoms with Crippen LogP contribution in [0.3, 0.4) is 0 Å². The van der Waals surface area contributed by atoms with Crippen molar-refractivity contribution in [1.82, 2.24) is 5.32 Å². The predicted octanol–water partition coefficient (Wildman–Crippen LogP) is 4.53. The SMILES string of the molecule is CCC1=C(C)NC(C)=C(I)C1OCc1ccccc1. The van der Waals surface area contributed by atoms with E-state index in [9.17, 15) is 0 Å². The minimum atomic E-state index is 0.104. The number of dihydropyridines is 1. The van der Waals surface area contributed by atoms with Crippen molar-refractivity contribution in [3.8, 4) is 0 Å². The molecule has 2 nitrogen and oxygen atoms in total. The molecule has 0 spiro atoms. The first kappa shape index (κ1) is 14.6. The summed E-state index contributed by atoms with van der Waals surface area (Å²) < 4.78 is 7.42. The van der Waals surface area contributed by atoms with Crippen LogP contribution in [0.5, 0.6) is 0 Å². The van der Waals surface area contributed by atoms with Crippen LogP contribution in [0.15, 0.2) is 50.9 Å². The first-order valence-electron chi connectivity index (χ1n) is 6.62. The number of allylic oxidation sites excluding steroid dienone is 2. The van der Waals surface area contributed by atoms with Gasteiger partial charge in [-0.3, -0.25) is 0 Å². The van der Waals surface area contributed by atoms with Crippen molar-refractivity contribution in [2.75, 3.05) is 0 Å². The van der Waals surface area contributed by atoms with Crippen LogP contribution in [0.1, 0.15) is 32.8 Å². The Morgan fingerprint density at radius 2 is 1.84 bits per heavy atom. The molecule has 0 bridgehead atoms. The lowest BCUT2D eigenvalue weighted by Crippen LogP contribution is -2.28. The Bertz CT molecular complexity index is 505. The fraction of sp³-hybridized carbons (Fsp3) is 0.375. The van der Waals surface area contributed by atoms with Gasteiger partial charge in [0.25, 0.3) is 0 Å². The Labute approximate surface area is 129 Å². The second kappa shape index (κ2) is 6.57. The molecule has 1 N–H and O–H groups in total. The Hall–Kier alpha value is -0.810.